The van der Waals surface area contributed by atoms with Crippen LogP contribution in [0.25, 0.3) is 0 Å². The minimum Gasteiger partial charge on any atom is -0.439 e. The van der Waals surface area contributed by atoms with Crippen molar-refractivity contribution in [2.45, 2.75) is 13.5 Å². The summed E-state index contributed by atoms with van der Waals surface area (Å²) in [6.45, 7) is 1.31. The molecule has 0 atom stereocenters. The summed E-state index contributed by atoms with van der Waals surface area (Å²) in [5.74, 6) is 0.663. The van der Waals surface area contributed by atoms with Gasteiger partial charge >= 0.3 is 0 Å². The van der Waals surface area contributed by atoms with Crippen LogP contribution >= 0.6 is 0 Å². The molecule has 1 aromatic heterocycles. The van der Waals surface area contributed by atoms with E-state index in [0.717, 1.165) is 0 Å². The molecule has 1 aromatic carbocycles. The average molecular weight is 258 g/mol. The maximum absolute atomic E-state index is 10.9. The number of hydrogen-bond donors (Lipinski definition) is 1. The first-order valence-corrected chi connectivity index (χ1v) is 5.81. The van der Waals surface area contributed by atoms with Crippen LogP contribution in [0.1, 0.15) is 12.6 Å². The van der Waals surface area contributed by atoms with Gasteiger partial charge in [0.15, 0.2) is 0 Å². The molecule has 1 heterocycles. The molecule has 2 rings (SSSR count). The first-order valence-electron chi connectivity index (χ1n) is 5.81. The second-order valence-electron chi connectivity index (χ2n) is 3.96. The third-order valence-corrected chi connectivity index (χ3v) is 2.42. The summed E-state index contributed by atoms with van der Waals surface area (Å²) in [4.78, 5) is 15.2. The number of amides is 1. The lowest BCUT2D eigenvalue weighted by Crippen LogP contribution is -2.24. The number of carbonyl (C=O) groups excluding carboxylic acids is 1. The standard InChI is InChI=1S/C14H14N2O3/c1-11(17)16(18)10-12-6-5-9-14(15-12)19-13-7-3-2-4-8-13/h2-9,18H,10H2,1H3. The van der Waals surface area contributed by atoms with Gasteiger partial charge in [0.25, 0.3) is 0 Å². The van der Waals surface area contributed by atoms with Gasteiger partial charge in [-0.15, -0.1) is 0 Å². The Morgan fingerprint density at radius 1 is 1.21 bits per heavy atom. The van der Waals surface area contributed by atoms with Crippen molar-refractivity contribution in [2.75, 3.05) is 0 Å². The van der Waals surface area contributed by atoms with Crippen molar-refractivity contribution < 1.29 is 14.7 Å². The van der Waals surface area contributed by atoms with Crippen LogP contribution in [-0.4, -0.2) is 21.2 Å². The number of para-hydroxylation sites is 1. The van der Waals surface area contributed by atoms with Gasteiger partial charge in [-0.3, -0.25) is 10.0 Å². The van der Waals surface area contributed by atoms with Gasteiger partial charge in [-0.25, -0.2) is 10.0 Å². The summed E-state index contributed by atoms with van der Waals surface area (Å²) in [7, 11) is 0. The molecular formula is C14H14N2O3. The molecule has 0 saturated carbocycles. The topological polar surface area (TPSA) is 62.7 Å². The van der Waals surface area contributed by atoms with E-state index in [2.05, 4.69) is 4.98 Å². The molecule has 0 spiro atoms. The Kier molecular flexibility index (Phi) is 4.10. The van der Waals surface area contributed by atoms with Gasteiger partial charge in [-0.1, -0.05) is 24.3 Å². The number of nitrogens with zero attached hydrogens (tertiary/aromatic N) is 2. The summed E-state index contributed by atoms with van der Waals surface area (Å²) >= 11 is 0. The van der Waals surface area contributed by atoms with Crippen molar-refractivity contribution in [2.24, 2.45) is 0 Å². The first-order chi connectivity index (χ1) is 9.15. The van der Waals surface area contributed by atoms with E-state index in [9.17, 15) is 10.0 Å². The van der Waals surface area contributed by atoms with E-state index in [0.29, 0.717) is 22.4 Å². The number of ether oxygens (including phenoxy) is 1. The quantitative estimate of drug-likeness (QED) is 0.676. The van der Waals surface area contributed by atoms with E-state index < -0.39 is 5.91 Å². The highest BCUT2D eigenvalue weighted by Crippen LogP contribution is 2.18. The van der Waals surface area contributed by atoms with Crippen molar-refractivity contribution in [1.82, 2.24) is 10.0 Å². The number of hydrogen-bond acceptors (Lipinski definition) is 4. The van der Waals surface area contributed by atoms with Gasteiger partial charge in [0, 0.05) is 13.0 Å². The summed E-state index contributed by atoms with van der Waals surface area (Å²) in [5.41, 5.74) is 0.547. The van der Waals surface area contributed by atoms with Gasteiger partial charge in [0.05, 0.1) is 12.2 Å². The maximum Gasteiger partial charge on any atom is 0.243 e. The Balaban J connectivity index is 2.09. The van der Waals surface area contributed by atoms with Crippen LogP contribution in [0.4, 0.5) is 0 Å². The fraction of sp³-hybridized carbons (Fsp3) is 0.143. The molecule has 0 fully saturated rings. The number of carbonyl (C=O) groups is 1. The molecule has 19 heavy (non-hydrogen) atoms. The molecule has 0 unspecified atom stereocenters. The predicted molar refractivity (Wildman–Crippen MR) is 68.8 cm³/mol. The maximum atomic E-state index is 10.9. The van der Waals surface area contributed by atoms with Gasteiger partial charge in [0.1, 0.15) is 5.75 Å². The summed E-state index contributed by atoms with van der Waals surface area (Å²) in [6, 6.07) is 14.5. The van der Waals surface area contributed by atoms with Crippen LogP contribution in [0.5, 0.6) is 11.6 Å². The zero-order chi connectivity index (χ0) is 13.7. The Hall–Kier alpha value is -2.40. The first kappa shape index (κ1) is 13.0. The van der Waals surface area contributed by atoms with Gasteiger partial charge < -0.3 is 4.74 Å². The third kappa shape index (κ3) is 3.79. The molecule has 5 heteroatoms. The van der Waals surface area contributed by atoms with E-state index in [1.807, 2.05) is 30.3 Å². The third-order valence-electron chi connectivity index (χ3n) is 2.42. The number of hydroxylamine groups is 2. The molecule has 2 aromatic rings. The number of aromatic nitrogens is 1. The van der Waals surface area contributed by atoms with E-state index >= 15 is 0 Å². The lowest BCUT2D eigenvalue weighted by Gasteiger charge is -2.12. The van der Waals surface area contributed by atoms with Crippen LogP contribution in [0.15, 0.2) is 48.5 Å². The molecule has 1 amide bonds. The van der Waals surface area contributed by atoms with E-state index in [1.165, 1.54) is 6.92 Å². The highest BCUT2D eigenvalue weighted by molar-refractivity contribution is 5.71. The van der Waals surface area contributed by atoms with Gasteiger partial charge in [0.2, 0.25) is 11.8 Å². The molecule has 0 saturated heterocycles. The molecule has 0 aliphatic heterocycles. The molecule has 0 radical (unpaired) electrons. The zero-order valence-electron chi connectivity index (χ0n) is 10.5. The Labute approximate surface area is 111 Å². The molecule has 0 bridgehead atoms. The summed E-state index contributed by atoms with van der Waals surface area (Å²) in [6.07, 6.45) is 0. The van der Waals surface area contributed by atoms with E-state index in [-0.39, 0.29) is 6.54 Å². The molecule has 0 aliphatic rings. The molecular weight excluding hydrogens is 244 g/mol. The smallest absolute Gasteiger partial charge is 0.243 e. The highest BCUT2D eigenvalue weighted by atomic mass is 16.5. The normalized spacial score (nSPS) is 10.0. The van der Waals surface area contributed by atoms with Crippen molar-refractivity contribution in [3.8, 4) is 11.6 Å². The predicted octanol–water partition coefficient (Wildman–Crippen LogP) is 2.61. The van der Waals surface area contributed by atoms with Crippen molar-refractivity contribution in [3.05, 3.63) is 54.2 Å². The fourth-order valence-corrected chi connectivity index (χ4v) is 1.48. The monoisotopic (exact) mass is 258 g/mol. The van der Waals surface area contributed by atoms with Crippen LogP contribution < -0.4 is 4.74 Å². The minimum absolute atomic E-state index is 0.0291. The minimum atomic E-state index is -0.434. The Morgan fingerprint density at radius 2 is 1.95 bits per heavy atom. The Bertz CT molecular complexity index is 558. The van der Waals surface area contributed by atoms with Crippen LogP contribution in [0, 0.1) is 0 Å². The average Bonchev–Trinajstić information content (AvgIpc) is 2.40. The largest absolute Gasteiger partial charge is 0.439 e. The lowest BCUT2D eigenvalue weighted by atomic mass is 10.3. The molecule has 5 nitrogen and oxygen atoms in total. The zero-order valence-corrected chi connectivity index (χ0v) is 10.5. The van der Waals surface area contributed by atoms with Crippen molar-refractivity contribution in [3.63, 3.8) is 0 Å². The number of rotatable bonds is 4. The second kappa shape index (κ2) is 5.97. The highest BCUT2D eigenvalue weighted by Gasteiger charge is 2.07. The second-order valence-corrected chi connectivity index (χ2v) is 3.96. The van der Waals surface area contributed by atoms with Crippen LogP contribution in [0.2, 0.25) is 0 Å². The van der Waals surface area contributed by atoms with E-state index in [4.69, 9.17) is 4.74 Å². The van der Waals surface area contributed by atoms with Crippen LogP contribution in [0.3, 0.4) is 0 Å². The van der Waals surface area contributed by atoms with Gasteiger partial charge in [-0.2, -0.15) is 0 Å². The number of benzene rings is 1. The molecule has 1 N–H and O–H groups in total. The summed E-state index contributed by atoms with van der Waals surface area (Å²) in [5, 5.41) is 9.97. The Morgan fingerprint density at radius 3 is 2.63 bits per heavy atom. The lowest BCUT2D eigenvalue weighted by molar-refractivity contribution is -0.165. The number of pyridine rings is 1. The SMILES string of the molecule is CC(=O)N(O)Cc1cccc(Oc2ccccc2)n1. The van der Waals surface area contributed by atoms with Crippen molar-refractivity contribution in [1.29, 1.82) is 0 Å². The van der Waals surface area contributed by atoms with Crippen LogP contribution in [-0.2, 0) is 11.3 Å². The van der Waals surface area contributed by atoms with E-state index in [1.54, 1.807) is 18.2 Å². The fourth-order valence-electron chi connectivity index (χ4n) is 1.48. The van der Waals surface area contributed by atoms with Crippen molar-refractivity contribution >= 4 is 5.91 Å². The molecule has 98 valence electrons. The summed E-state index contributed by atoms with van der Waals surface area (Å²) < 4.78 is 5.56. The molecule has 0 aliphatic carbocycles. The van der Waals surface area contributed by atoms with Gasteiger partial charge in [-0.05, 0) is 18.2 Å².